The average Bonchev–Trinajstić information content (AvgIpc) is 2.89. The van der Waals surface area contributed by atoms with E-state index in [0.29, 0.717) is 6.04 Å². The van der Waals surface area contributed by atoms with Gasteiger partial charge in [0.05, 0.1) is 5.54 Å². The van der Waals surface area contributed by atoms with Gasteiger partial charge in [0.25, 0.3) is 0 Å². The van der Waals surface area contributed by atoms with Crippen LogP contribution in [0.3, 0.4) is 0 Å². The second kappa shape index (κ2) is 5.87. The minimum Gasteiger partial charge on any atom is -0.352 e. The van der Waals surface area contributed by atoms with Crippen molar-refractivity contribution in [2.24, 2.45) is 5.73 Å². The summed E-state index contributed by atoms with van der Waals surface area (Å²) in [5.41, 5.74) is 5.37. The molecule has 0 bridgehead atoms. The number of rotatable bonds is 2. The molecule has 2 saturated carbocycles. The largest absolute Gasteiger partial charge is 0.352 e. The monoisotopic (exact) mass is 246 g/mol. The summed E-state index contributed by atoms with van der Waals surface area (Å²) in [4.78, 5) is 11.8. The maximum Gasteiger partial charge on any atom is 0.240 e. The van der Waals surface area contributed by atoms with E-state index in [1.165, 1.54) is 32.1 Å². The first-order chi connectivity index (χ1) is 7.21. The topological polar surface area (TPSA) is 55.1 Å². The van der Waals surface area contributed by atoms with E-state index < -0.39 is 5.54 Å². The van der Waals surface area contributed by atoms with Gasteiger partial charge in [-0.1, -0.05) is 32.1 Å². The Bertz CT molecular complexity index is 233. The highest BCUT2D eigenvalue weighted by Gasteiger charge is 2.46. The molecule has 4 heteroatoms. The lowest BCUT2D eigenvalue weighted by Gasteiger charge is -2.22. The van der Waals surface area contributed by atoms with E-state index in [-0.39, 0.29) is 18.3 Å². The van der Waals surface area contributed by atoms with Crippen molar-refractivity contribution in [2.45, 2.75) is 69.4 Å². The molecule has 1 amide bonds. The lowest BCUT2D eigenvalue weighted by Crippen LogP contribution is -2.47. The first kappa shape index (κ1) is 13.8. The maximum atomic E-state index is 11.8. The van der Waals surface area contributed by atoms with Crippen molar-refractivity contribution < 1.29 is 4.79 Å². The molecule has 94 valence electrons. The standard InChI is InChI=1S/C12H22N2O.ClH/c13-12(8-9-12)11(15)14-10-6-4-2-1-3-5-7-10;/h10H,1-9,13H2,(H,14,15);1H. The predicted molar refractivity (Wildman–Crippen MR) is 67.7 cm³/mol. The number of nitrogens with one attached hydrogen (secondary N) is 1. The summed E-state index contributed by atoms with van der Waals surface area (Å²) in [5, 5.41) is 3.13. The van der Waals surface area contributed by atoms with Gasteiger partial charge in [-0.15, -0.1) is 12.4 Å². The minimum atomic E-state index is -0.498. The molecule has 0 saturated heterocycles. The number of hydrogen-bond acceptors (Lipinski definition) is 2. The zero-order chi connectivity index (χ0) is 10.7. The van der Waals surface area contributed by atoms with Crippen molar-refractivity contribution in [3.05, 3.63) is 0 Å². The Hall–Kier alpha value is -0.280. The summed E-state index contributed by atoms with van der Waals surface area (Å²) in [7, 11) is 0. The maximum absolute atomic E-state index is 11.8. The third-order valence-corrected chi connectivity index (χ3v) is 3.68. The van der Waals surface area contributed by atoms with E-state index in [2.05, 4.69) is 5.32 Å². The van der Waals surface area contributed by atoms with Gasteiger partial charge < -0.3 is 11.1 Å². The third kappa shape index (κ3) is 3.63. The summed E-state index contributed by atoms with van der Waals surface area (Å²) in [5.74, 6) is 0.0908. The van der Waals surface area contributed by atoms with Gasteiger partial charge >= 0.3 is 0 Å². The smallest absolute Gasteiger partial charge is 0.240 e. The quantitative estimate of drug-likeness (QED) is 0.784. The SMILES string of the molecule is Cl.NC1(C(=O)NC2CCCCCCC2)CC1. The summed E-state index contributed by atoms with van der Waals surface area (Å²) in [6.07, 6.45) is 10.5. The van der Waals surface area contributed by atoms with Crippen LogP contribution in [-0.2, 0) is 4.79 Å². The highest BCUT2D eigenvalue weighted by Crippen LogP contribution is 2.32. The van der Waals surface area contributed by atoms with E-state index in [9.17, 15) is 4.79 Å². The lowest BCUT2D eigenvalue weighted by atomic mass is 9.96. The second-order valence-corrected chi connectivity index (χ2v) is 5.17. The van der Waals surface area contributed by atoms with Crippen LogP contribution in [0.1, 0.15) is 57.8 Å². The fourth-order valence-electron chi connectivity index (χ4n) is 2.29. The number of carbonyl (C=O) groups is 1. The molecule has 0 heterocycles. The molecule has 0 aliphatic heterocycles. The normalized spacial score (nSPS) is 24.8. The van der Waals surface area contributed by atoms with Crippen LogP contribution in [0, 0.1) is 0 Å². The van der Waals surface area contributed by atoms with Crippen LogP contribution >= 0.6 is 12.4 Å². The van der Waals surface area contributed by atoms with Crippen LogP contribution in [0.2, 0.25) is 0 Å². The Balaban J connectivity index is 0.00000128. The Kier molecular flexibility index (Phi) is 5.06. The molecule has 0 spiro atoms. The van der Waals surface area contributed by atoms with Gasteiger partial charge in [-0.05, 0) is 25.7 Å². The van der Waals surface area contributed by atoms with Crippen molar-refractivity contribution in [3.63, 3.8) is 0 Å². The van der Waals surface area contributed by atoms with Crippen LogP contribution < -0.4 is 11.1 Å². The van der Waals surface area contributed by atoms with Crippen LogP contribution in [0.5, 0.6) is 0 Å². The fourth-order valence-corrected chi connectivity index (χ4v) is 2.29. The molecule has 0 atom stereocenters. The van der Waals surface area contributed by atoms with E-state index in [0.717, 1.165) is 25.7 Å². The van der Waals surface area contributed by atoms with Gasteiger partial charge in [-0.3, -0.25) is 4.79 Å². The minimum absolute atomic E-state index is 0. The average molecular weight is 247 g/mol. The van der Waals surface area contributed by atoms with E-state index in [4.69, 9.17) is 5.73 Å². The van der Waals surface area contributed by atoms with E-state index in [1.807, 2.05) is 0 Å². The van der Waals surface area contributed by atoms with Gasteiger partial charge in [0.15, 0.2) is 0 Å². The third-order valence-electron chi connectivity index (χ3n) is 3.68. The van der Waals surface area contributed by atoms with Gasteiger partial charge in [-0.25, -0.2) is 0 Å². The van der Waals surface area contributed by atoms with Crippen LogP contribution in [0.25, 0.3) is 0 Å². The number of nitrogens with two attached hydrogens (primary N) is 1. The second-order valence-electron chi connectivity index (χ2n) is 5.17. The molecule has 0 aromatic heterocycles. The predicted octanol–water partition coefficient (Wildman–Crippen LogP) is 2.13. The molecular weight excluding hydrogens is 224 g/mol. The van der Waals surface area contributed by atoms with Gasteiger partial charge in [0.1, 0.15) is 0 Å². The molecule has 0 radical (unpaired) electrons. The summed E-state index contributed by atoms with van der Waals surface area (Å²) in [6.45, 7) is 0. The van der Waals surface area contributed by atoms with E-state index >= 15 is 0 Å². The highest BCUT2D eigenvalue weighted by atomic mass is 35.5. The molecule has 3 N–H and O–H groups in total. The molecule has 0 aromatic rings. The fraction of sp³-hybridized carbons (Fsp3) is 0.917. The highest BCUT2D eigenvalue weighted by molar-refractivity contribution is 5.89. The first-order valence-electron chi connectivity index (χ1n) is 6.31. The van der Waals surface area contributed by atoms with Crippen LogP contribution in [0.15, 0.2) is 0 Å². The molecule has 2 rings (SSSR count). The van der Waals surface area contributed by atoms with Crippen molar-refractivity contribution in [1.29, 1.82) is 0 Å². The molecule has 0 aromatic carbocycles. The number of hydrogen-bond donors (Lipinski definition) is 2. The number of amides is 1. The Morgan fingerprint density at radius 2 is 1.56 bits per heavy atom. The van der Waals surface area contributed by atoms with Crippen LogP contribution in [0.4, 0.5) is 0 Å². The lowest BCUT2D eigenvalue weighted by molar-refractivity contribution is -0.124. The number of halogens is 1. The summed E-state index contributed by atoms with van der Waals surface area (Å²) in [6, 6.07) is 0.388. The molecule has 2 aliphatic rings. The zero-order valence-corrected chi connectivity index (χ0v) is 10.7. The zero-order valence-electron chi connectivity index (χ0n) is 9.84. The summed E-state index contributed by atoms with van der Waals surface area (Å²) >= 11 is 0. The number of carbonyl (C=O) groups excluding carboxylic acids is 1. The molecule has 16 heavy (non-hydrogen) atoms. The summed E-state index contributed by atoms with van der Waals surface area (Å²) < 4.78 is 0. The van der Waals surface area contributed by atoms with Gasteiger partial charge in [0, 0.05) is 6.04 Å². The van der Waals surface area contributed by atoms with E-state index in [1.54, 1.807) is 0 Å². The van der Waals surface area contributed by atoms with Crippen molar-refractivity contribution in [2.75, 3.05) is 0 Å². The van der Waals surface area contributed by atoms with Gasteiger partial charge in [0.2, 0.25) is 5.91 Å². The van der Waals surface area contributed by atoms with Crippen molar-refractivity contribution >= 4 is 18.3 Å². The molecule has 3 nitrogen and oxygen atoms in total. The molecule has 2 aliphatic carbocycles. The first-order valence-corrected chi connectivity index (χ1v) is 6.31. The molecular formula is C12H23ClN2O. The molecule has 0 unspecified atom stereocenters. The van der Waals surface area contributed by atoms with Crippen molar-refractivity contribution in [1.82, 2.24) is 5.32 Å². The Morgan fingerprint density at radius 1 is 1.06 bits per heavy atom. The van der Waals surface area contributed by atoms with Crippen LogP contribution in [-0.4, -0.2) is 17.5 Å². The van der Waals surface area contributed by atoms with Gasteiger partial charge in [-0.2, -0.15) is 0 Å². The molecule has 2 fully saturated rings. The van der Waals surface area contributed by atoms with Crippen molar-refractivity contribution in [3.8, 4) is 0 Å². The Morgan fingerprint density at radius 3 is 2.06 bits per heavy atom. The Labute approximate surface area is 104 Å².